The van der Waals surface area contributed by atoms with Crippen LogP contribution in [0.15, 0.2) is 18.2 Å². The maximum absolute atomic E-state index is 13.2. The Kier molecular flexibility index (Phi) is 5.48. The molecule has 0 saturated carbocycles. The second-order valence-electron chi connectivity index (χ2n) is 5.32. The van der Waals surface area contributed by atoms with Crippen LogP contribution in [0.1, 0.15) is 23.6 Å². The van der Waals surface area contributed by atoms with Gasteiger partial charge >= 0.3 is 12.4 Å². The van der Waals surface area contributed by atoms with Crippen LogP contribution in [0.25, 0.3) is 0 Å². The van der Waals surface area contributed by atoms with Crippen LogP contribution in [0.4, 0.5) is 26.3 Å². The van der Waals surface area contributed by atoms with E-state index in [1.165, 1.54) is 11.0 Å². The average molecular weight is 361 g/mol. The standard InChI is InChI=1S/C14H15ClF6N2/c15-10-3-1-2-9(14(19,20)21)12(10)11(8-13(16,17)18)23-6-4-22-5-7-23/h1-3,11,22H,4-8H2/t11-/m0/s1. The van der Waals surface area contributed by atoms with Crippen LogP contribution < -0.4 is 5.32 Å². The fourth-order valence-electron chi connectivity index (χ4n) is 2.75. The summed E-state index contributed by atoms with van der Waals surface area (Å²) in [5.74, 6) is 0. The van der Waals surface area contributed by atoms with E-state index in [4.69, 9.17) is 11.6 Å². The second kappa shape index (κ2) is 6.86. The monoisotopic (exact) mass is 360 g/mol. The Hall–Kier alpha value is -0.990. The topological polar surface area (TPSA) is 15.3 Å². The van der Waals surface area contributed by atoms with Gasteiger partial charge in [-0.25, -0.2) is 0 Å². The van der Waals surface area contributed by atoms with Crippen molar-refractivity contribution < 1.29 is 26.3 Å². The van der Waals surface area contributed by atoms with Crippen molar-refractivity contribution in [3.05, 3.63) is 34.3 Å². The van der Waals surface area contributed by atoms with Crippen LogP contribution in [0.2, 0.25) is 5.02 Å². The molecule has 0 amide bonds. The van der Waals surface area contributed by atoms with Gasteiger partial charge in [-0.1, -0.05) is 17.7 Å². The van der Waals surface area contributed by atoms with Gasteiger partial charge in [-0.3, -0.25) is 4.90 Å². The highest BCUT2D eigenvalue weighted by Crippen LogP contribution is 2.43. The first-order valence-electron chi connectivity index (χ1n) is 6.97. The number of nitrogens with zero attached hydrogens (tertiary/aromatic N) is 1. The lowest BCUT2D eigenvalue weighted by Crippen LogP contribution is -2.46. The molecule has 1 aliphatic rings. The number of hydrogen-bond acceptors (Lipinski definition) is 2. The van der Waals surface area contributed by atoms with E-state index in [1.807, 2.05) is 0 Å². The summed E-state index contributed by atoms with van der Waals surface area (Å²) in [7, 11) is 0. The Balaban J connectivity index is 2.50. The summed E-state index contributed by atoms with van der Waals surface area (Å²) in [6.07, 6.45) is -10.7. The fraction of sp³-hybridized carbons (Fsp3) is 0.571. The van der Waals surface area contributed by atoms with Crippen LogP contribution >= 0.6 is 11.6 Å². The molecule has 23 heavy (non-hydrogen) atoms. The Labute approximate surface area is 134 Å². The molecule has 1 saturated heterocycles. The number of halogens is 7. The summed E-state index contributed by atoms with van der Waals surface area (Å²) in [6.45, 7) is 1.28. The van der Waals surface area contributed by atoms with Crippen molar-refractivity contribution in [3.63, 3.8) is 0 Å². The highest BCUT2D eigenvalue weighted by Gasteiger charge is 2.42. The molecule has 1 heterocycles. The van der Waals surface area contributed by atoms with Crippen molar-refractivity contribution in [1.82, 2.24) is 10.2 Å². The number of rotatable bonds is 3. The zero-order valence-corrected chi connectivity index (χ0v) is 12.7. The van der Waals surface area contributed by atoms with Gasteiger partial charge in [-0.15, -0.1) is 0 Å². The molecule has 1 aromatic carbocycles. The van der Waals surface area contributed by atoms with Gasteiger partial charge < -0.3 is 5.32 Å². The van der Waals surface area contributed by atoms with Gasteiger partial charge in [0.1, 0.15) is 0 Å². The average Bonchev–Trinajstić information content (AvgIpc) is 2.44. The minimum Gasteiger partial charge on any atom is -0.314 e. The predicted octanol–water partition coefficient (Wildman–Crippen LogP) is 4.26. The molecule has 0 bridgehead atoms. The quantitative estimate of drug-likeness (QED) is 0.810. The van der Waals surface area contributed by atoms with E-state index in [0.717, 1.165) is 12.1 Å². The van der Waals surface area contributed by atoms with Crippen LogP contribution in [0.3, 0.4) is 0 Å². The van der Waals surface area contributed by atoms with Crippen LogP contribution in [-0.2, 0) is 6.18 Å². The predicted molar refractivity (Wildman–Crippen MR) is 74.3 cm³/mol. The summed E-state index contributed by atoms with van der Waals surface area (Å²) >= 11 is 5.87. The van der Waals surface area contributed by atoms with Crippen molar-refractivity contribution in [3.8, 4) is 0 Å². The molecule has 0 radical (unpaired) electrons. The van der Waals surface area contributed by atoms with Gasteiger partial charge in [-0.2, -0.15) is 26.3 Å². The molecule has 0 aliphatic carbocycles. The molecule has 1 aliphatic heterocycles. The summed E-state index contributed by atoms with van der Waals surface area (Å²) < 4.78 is 78.5. The zero-order valence-electron chi connectivity index (χ0n) is 11.9. The zero-order chi connectivity index (χ0) is 17.3. The van der Waals surface area contributed by atoms with Crippen molar-refractivity contribution in [1.29, 1.82) is 0 Å². The van der Waals surface area contributed by atoms with Crippen molar-refractivity contribution in [2.24, 2.45) is 0 Å². The molecule has 1 fully saturated rings. The molecule has 1 atom stereocenters. The number of nitrogens with one attached hydrogen (secondary N) is 1. The van der Waals surface area contributed by atoms with Crippen LogP contribution in [0, 0.1) is 0 Å². The molecule has 0 aromatic heterocycles. The lowest BCUT2D eigenvalue weighted by Gasteiger charge is -2.37. The van der Waals surface area contributed by atoms with E-state index in [2.05, 4.69) is 5.32 Å². The number of benzene rings is 1. The van der Waals surface area contributed by atoms with Crippen LogP contribution in [0.5, 0.6) is 0 Å². The van der Waals surface area contributed by atoms with Gasteiger partial charge in [0.15, 0.2) is 0 Å². The summed E-state index contributed by atoms with van der Waals surface area (Å²) in [5.41, 5.74) is -1.61. The summed E-state index contributed by atoms with van der Waals surface area (Å²) in [5, 5.41) is 2.67. The van der Waals surface area contributed by atoms with E-state index in [0.29, 0.717) is 13.1 Å². The van der Waals surface area contributed by atoms with E-state index >= 15 is 0 Å². The molecule has 2 rings (SSSR count). The van der Waals surface area contributed by atoms with E-state index < -0.39 is 35.9 Å². The largest absolute Gasteiger partial charge is 0.416 e. The van der Waals surface area contributed by atoms with Crippen LogP contribution in [-0.4, -0.2) is 37.3 Å². The highest BCUT2D eigenvalue weighted by molar-refractivity contribution is 6.31. The highest BCUT2D eigenvalue weighted by atomic mass is 35.5. The lowest BCUT2D eigenvalue weighted by molar-refractivity contribution is -0.153. The smallest absolute Gasteiger partial charge is 0.314 e. The summed E-state index contributed by atoms with van der Waals surface area (Å²) in [4.78, 5) is 1.40. The number of alkyl halides is 6. The second-order valence-corrected chi connectivity index (χ2v) is 5.73. The minimum atomic E-state index is -4.77. The first-order valence-corrected chi connectivity index (χ1v) is 7.34. The Bertz CT molecular complexity index is 537. The lowest BCUT2D eigenvalue weighted by atomic mass is 9.95. The Morgan fingerprint density at radius 1 is 1.09 bits per heavy atom. The van der Waals surface area contributed by atoms with Gasteiger partial charge in [-0.05, 0) is 12.1 Å². The molecule has 1 N–H and O–H groups in total. The van der Waals surface area contributed by atoms with Crippen molar-refractivity contribution in [2.75, 3.05) is 26.2 Å². The third-order valence-corrected chi connectivity index (χ3v) is 4.04. The summed E-state index contributed by atoms with van der Waals surface area (Å²) in [6, 6.07) is 1.60. The van der Waals surface area contributed by atoms with Gasteiger partial charge in [0.2, 0.25) is 0 Å². The fourth-order valence-corrected chi connectivity index (χ4v) is 3.05. The Morgan fingerprint density at radius 2 is 1.70 bits per heavy atom. The number of piperazine rings is 1. The third kappa shape index (κ3) is 4.74. The van der Waals surface area contributed by atoms with Crippen molar-refractivity contribution in [2.45, 2.75) is 24.8 Å². The maximum Gasteiger partial charge on any atom is 0.416 e. The van der Waals surface area contributed by atoms with E-state index in [1.54, 1.807) is 0 Å². The molecule has 1 aromatic rings. The van der Waals surface area contributed by atoms with E-state index in [9.17, 15) is 26.3 Å². The van der Waals surface area contributed by atoms with Crippen molar-refractivity contribution >= 4 is 11.6 Å². The SMILES string of the molecule is FC(F)(F)C[C@@H](c1c(Cl)cccc1C(F)(F)F)N1CCNCC1. The van der Waals surface area contributed by atoms with Gasteiger partial charge in [0.05, 0.1) is 12.0 Å². The molecule has 0 unspecified atom stereocenters. The first kappa shape index (κ1) is 18.4. The molecule has 9 heteroatoms. The van der Waals surface area contributed by atoms with E-state index in [-0.39, 0.29) is 18.1 Å². The third-order valence-electron chi connectivity index (χ3n) is 3.71. The molecular weight excluding hydrogens is 346 g/mol. The minimum absolute atomic E-state index is 0.225. The van der Waals surface area contributed by atoms with Gasteiger partial charge in [0, 0.05) is 42.8 Å². The molecule has 130 valence electrons. The maximum atomic E-state index is 13.2. The Morgan fingerprint density at radius 3 is 2.22 bits per heavy atom. The first-order chi connectivity index (χ1) is 10.6. The molecule has 0 spiro atoms. The van der Waals surface area contributed by atoms with Gasteiger partial charge in [0.25, 0.3) is 0 Å². The molecule has 2 nitrogen and oxygen atoms in total. The number of hydrogen-bond donors (Lipinski definition) is 1. The normalized spacial score (nSPS) is 18.9. The molecular formula is C14H15ClF6N2.